The highest BCUT2D eigenvalue weighted by atomic mass is 32.1. The van der Waals surface area contributed by atoms with Gasteiger partial charge in [-0.15, -0.1) is 11.3 Å². The van der Waals surface area contributed by atoms with E-state index in [9.17, 15) is 0 Å². The Hall–Kier alpha value is -4.93. The van der Waals surface area contributed by atoms with E-state index in [0.29, 0.717) is 0 Å². The number of hydrogen-bond acceptors (Lipinski definition) is 4. The van der Waals surface area contributed by atoms with Gasteiger partial charge in [-0.2, -0.15) is 0 Å². The van der Waals surface area contributed by atoms with Gasteiger partial charge in [-0.3, -0.25) is 4.98 Å². The van der Waals surface area contributed by atoms with E-state index >= 15 is 0 Å². The molecule has 3 nitrogen and oxygen atoms in total. The molecule has 0 aliphatic rings. The third-order valence-corrected chi connectivity index (χ3v) is 8.50. The molecule has 0 saturated carbocycles. The van der Waals surface area contributed by atoms with Gasteiger partial charge in [0, 0.05) is 38.2 Å². The fourth-order valence-corrected chi connectivity index (χ4v) is 6.64. The first-order chi connectivity index (χ1) is 19.3. The molecule has 182 valence electrons. The normalized spacial score (nSPS) is 11.6. The van der Waals surface area contributed by atoms with Crippen LogP contribution in [0.4, 0.5) is 0 Å². The molecule has 0 spiro atoms. The number of rotatable bonds is 3. The molecule has 8 aromatic rings. The molecule has 3 aromatic heterocycles. The zero-order valence-corrected chi connectivity index (χ0v) is 21.7. The minimum absolute atomic E-state index is 0.735. The molecule has 0 aliphatic carbocycles. The summed E-state index contributed by atoms with van der Waals surface area (Å²) in [6.07, 6.45) is 1.86. The number of nitrogens with zero attached hydrogens (tertiary/aromatic N) is 3. The average molecular weight is 516 g/mol. The lowest BCUT2D eigenvalue weighted by molar-refractivity contribution is 1.24. The summed E-state index contributed by atoms with van der Waals surface area (Å²) < 4.78 is 2.34. The zero-order valence-electron chi connectivity index (χ0n) is 20.9. The second-order valence-corrected chi connectivity index (χ2v) is 10.7. The van der Waals surface area contributed by atoms with Crippen LogP contribution in [0, 0.1) is 0 Å². The van der Waals surface area contributed by atoms with E-state index < -0.39 is 0 Å². The Labute approximate surface area is 229 Å². The molecule has 0 N–H and O–H groups in total. The first-order valence-electron chi connectivity index (χ1n) is 13.0. The summed E-state index contributed by atoms with van der Waals surface area (Å²) in [7, 11) is 0. The van der Waals surface area contributed by atoms with E-state index in [2.05, 4.69) is 114 Å². The van der Waals surface area contributed by atoms with Crippen LogP contribution in [-0.4, -0.2) is 15.0 Å². The molecule has 5 aromatic carbocycles. The van der Waals surface area contributed by atoms with Crippen LogP contribution in [0.1, 0.15) is 0 Å². The Morgan fingerprint density at radius 1 is 0.513 bits per heavy atom. The van der Waals surface area contributed by atoms with Crippen molar-refractivity contribution in [1.82, 2.24) is 15.0 Å². The van der Waals surface area contributed by atoms with E-state index in [1.807, 2.05) is 18.3 Å². The quantitative estimate of drug-likeness (QED) is 0.220. The van der Waals surface area contributed by atoms with Crippen molar-refractivity contribution >= 4 is 53.3 Å². The fourth-order valence-electron chi connectivity index (χ4n) is 5.49. The maximum absolute atomic E-state index is 5.16. The Morgan fingerprint density at radius 2 is 1.31 bits per heavy atom. The van der Waals surface area contributed by atoms with E-state index in [1.165, 1.54) is 21.0 Å². The molecule has 3 heterocycles. The van der Waals surface area contributed by atoms with Crippen LogP contribution in [0.25, 0.3) is 75.8 Å². The van der Waals surface area contributed by atoms with Gasteiger partial charge >= 0.3 is 0 Å². The summed E-state index contributed by atoms with van der Waals surface area (Å²) in [6.45, 7) is 0. The van der Waals surface area contributed by atoms with Crippen molar-refractivity contribution in [2.24, 2.45) is 0 Å². The summed E-state index contributed by atoms with van der Waals surface area (Å²) in [5.41, 5.74) is 7.41. The van der Waals surface area contributed by atoms with Crippen LogP contribution in [0.3, 0.4) is 0 Å². The SMILES string of the molecule is c1ccc(-c2nc(-c3cccc(-c4cccc5c4ccc4cccnc45)c3)nc3c2sc2ccccc23)cc1. The predicted molar refractivity (Wildman–Crippen MR) is 164 cm³/mol. The van der Waals surface area contributed by atoms with Crippen molar-refractivity contribution in [3.63, 3.8) is 0 Å². The maximum atomic E-state index is 5.16. The van der Waals surface area contributed by atoms with Gasteiger partial charge in [-0.25, -0.2) is 9.97 Å². The highest BCUT2D eigenvalue weighted by Crippen LogP contribution is 2.40. The van der Waals surface area contributed by atoms with Gasteiger partial charge in [0.25, 0.3) is 0 Å². The topological polar surface area (TPSA) is 38.7 Å². The Bertz CT molecular complexity index is 2180. The molecule has 0 radical (unpaired) electrons. The van der Waals surface area contributed by atoms with Crippen LogP contribution in [-0.2, 0) is 0 Å². The molecule has 8 rings (SSSR count). The van der Waals surface area contributed by atoms with Gasteiger partial charge in [0.05, 0.1) is 21.4 Å². The molecule has 0 saturated heterocycles. The molecule has 0 atom stereocenters. The second kappa shape index (κ2) is 8.83. The monoisotopic (exact) mass is 515 g/mol. The van der Waals surface area contributed by atoms with Crippen molar-refractivity contribution in [3.8, 4) is 33.8 Å². The van der Waals surface area contributed by atoms with Gasteiger partial charge in [0.1, 0.15) is 0 Å². The highest BCUT2D eigenvalue weighted by Gasteiger charge is 2.17. The number of thiophene rings is 1. The van der Waals surface area contributed by atoms with Crippen molar-refractivity contribution < 1.29 is 0 Å². The van der Waals surface area contributed by atoms with Gasteiger partial charge < -0.3 is 0 Å². The van der Waals surface area contributed by atoms with Crippen LogP contribution in [0.15, 0.2) is 128 Å². The third kappa shape index (κ3) is 3.61. The first-order valence-corrected chi connectivity index (χ1v) is 13.8. The molecule has 0 aliphatic heterocycles. The van der Waals surface area contributed by atoms with Gasteiger partial charge in [0.15, 0.2) is 5.82 Å². The Kier molecular flexibility index (Phi) is 5.00. The molecular weight excluding hydrogens is 494 g/mol. The Morgan fingerprint density at radius 3 is 2.26 bits per heavy atom. The van der Waals surface area contributed by atoms with E-state index in [-0.39, 0.29) is 0 Å². The fraction of sp³-hybridized carbons (Fsp3) is 0. The van der Waals surface area contributed by atoms with Crippen LogP contribution in [0.5, 0.6) is 0 Å². The molecule has 0 unspecified atom stereocenters. The minimum Gasteiger partial charge on any atom is -0.256 e. The lowest BCUT2D eigenvalue weighted by atomic mass is 9.95. The number of fused-ring (bicyclic) bond motifs is 6. The first kappa shape index (κ1) is 22.1. The lowest BCUT2D eigenvalue weighted by Crippen LogP contribution is -1.94. The van der Waals surface area contributed by atoms with Crippen LogP contribution < -0.4 is 0 Å². The number of hydrogen-bond donors (Lipinski definition) is 0. The molecule has 0 amide bonds. The van der Waals surface area contributed by atoms with Crippen LogP contribution in [0.2, 0.25) is 0 Å². The predicted octanol–water partition coefficient (Wildman–Crippen LogP) is 9.55. The third-order valence-electron chi connectivity index (χ3n) is 7.33. The molecular formula is C35H21N3S. The van der Waals surface area contributed by atoms with Gasteiger partial charge in [-0.1, -0.05) is 103 Å². The van der Waals surface area contributed by atoms with E-state index in [1.54, 1.807) is 11.3 Å². The molecule has 0 bridgehead atoms. The van der Waals surface area contributed by atoms with Crippen molar-refractivity contribution in [3.05, 3.63) is 128 Å². The summed E-state index contributed by atoms with van der Waals surface area (Å²) >= 11 is 1.76. The van der Waals surface area contributed by atoms with Crippen molar-refractivity contribution in [2.75, 3.05) is 0 Å². The highest BCUT2D eigenvalue weighted by molar-refractivity contribution is 7.26. The minimum atomic E-state index is 0.735. The maximum Gasteiger partial charge on any atom is 0.160 e. The molecule has 39 heavy (non-hydrogen) atoms. The standard InChI is InChI=1S/C35H21N3S/c1-2-9-22(10-3-1)32-34-33(29-14-4-5-17-30(29)39-34)38-35(37-32)25-12-6-11-24(21-25)26-15-7-16-28-27(26)19-18-23-13-8-20-36-31(23)28/h1-21H. The second-order valence-electron chi connectivity index (χ2n) is 9.66. The number of pyridine rings is 1. The smallest absolute Gasteiger partial charge is 0.160 e. The number of aromatic nitrogens is 3. The summed E-state index contributed by atoms with van der Waals surface area (Å²) in [5.74, 6) is 0.735. The zero-order chi connectivity index (χ0) is 25.8. The van der Waals surface area contributed by atoms with Crippen molar-refractivity contribution in [1.29, 1.82) is 0 Å². The number of benzene rings is 5. The average Bonchev–Trinajstić information content (AvgIpc) is 3.39. The van der Waals surface area contributed by atoms with Crippen molar-refractivity contribution in [2.45, 2.75) is 0 Å². The van der Waals surface area contributed by atoms with Crippen LogP contribution >= 0.6 is 11.3 Å². The molecule has 4 heteroatoms. The summed E-state index contributed by atoms with van der Waals surface area (Å²) in [5, 5.41) is 4.66. The van der Waals surface area contributed by atoms with E-state index in [0.717, 1.165) is 54.7 Å². The van der Waals surface area contributed by atoms with Gasteiger partial charge in [-0.05, 0) is 34.7 Å². The van der Waals surface area contributed by atoms with E-state index in [4.69, 9.17) is 9.97 Å². The summed E-state index contributed by atoms with van der Waals surface area (Å²) in [6, 6.07) is 42.4. The summed E-state index contributed by atoms with van der Waals surface area (Å²) in [4.78, 5) is 15.0. The Balaban J connectivity index is 1.35. The lowest BCUT2D eigenvalue weighted by Gasteiger charge is -2.11. The largest absolute Gasteiger partial charge is 0.256 e. The molecule has 0 fully saturated rings. The van der Waals surface area contributed by atoms with Gasteiger partial charge in [0.2, 0.25) is 0 Å².